The van der Waals surface area contributed by atoms with Gasteiger partial charge in [-0.15, -0.1) is 0 Å². The molecule has 5 nitrogen and oxygen atoms in total. The van der Waals surface area contributed by atoms with Crippen LogP contribution < -0.4 is 4.74 Å². The summed E-state index contributed by atoms with van der Waals surface area (Å²) in [6.07, 6.45) is 0. The number of hydrogen-bond donors (Lipinski definition) is 1. The summed E-state index contributed by atoms with van der Waals surface area (Å²) in [5.41, 5.74) is 0. The van der Waals surface area contributed by atoms with Gasteiger partial charge in [0.1, 0.15) is 18.1 Å². The van der Waals surface area contributed by atoms with Gasteiger partial charge in [0.15, 0.2) is 0 Å². The van der Waals surface area contributed by atoms with Crippen molar-refractivity contribution in [1.82, 2.24) is 0 Å². The molecule has 1 N–H and O–H groups in total. The third-order valence-corrected chi connectivity index (χ3v) is 5.63. The van der Waals surface area contributed by atoms with Crippen molar-refractivity contribution in [3.8, 4) is 11.5 Å². The van der Waals surface area contributed by atoms with E-state index < -0.39 is 0 Å². The van der Waals surface area contributed by atoms with Crippen LogP contribution in [0.25, 0.3) is 21.5 Å². The Morgan fingerprint density at radius 2 is 1.09 bits per heavy atom. The zero-order chi connectivity index (χ0) is 24.2. The third kappa shape index (κ3) is 7.49. The first-order valence-electron chi connectivity index (χ1n) is 10.9. The highest BCUT2D eigenvalue weighted by molar-refractivity contribution is 6.36. The molecular formula is C27H28Cl2O5. The molecule has 0 unspecified atom stereocenters. The Morgan fingerprint density at radius 3 is 1.71 bits per heavy atom. The fourth-order valence-electron chi connectivity index (χ4n) is 3.28. The normalized spacial score (nSPS) is 10.8. The number of methoxy groups -OCH3 is 1. The summed E-state index contributed by atoms with van der Waals surface area (Å²) in [5.74, 6) is 1.09. The number of phenols is 1. The first kappa shape index (κ1) is 26.1. The number of halogens is 2. The fraction of sp³-hybridized carbons (Fsp3) is 0.259. The van der Waals surface area contributed by atoms with Crippen LogP contribution in [0.3, 0.4) is 0 Å². The highest BCUT2D eigenvalue weighted by Gasteiger charge is 2.05. The Hall–Kier alpha value is -2.54. The van der Waals surface area contributed by atoms with Gasteiger partial charge in [0.25, 0.3) is 0 Å². The Labute approximate surface area is 209 Å². The van der Waals surface area contributed by atoms with Gasteiger partial charge in [-0.2, -0.15) is 0 Å². The lowest BCUT2D eigenvalue weighted by Crippen LogP contribution is -2.12. The lowest BCUT2D eigenvalue weighted by Gasteiger charge is -2.11. The van der Waals surface area contributed by atoms with E-state index in [4.69, 9.17) is 42.1 Å². The molecule has 7 heteroatoms. The lowest BCUT2D eigenvalue weighted by molar-refractivity contribution is 0.0181. The van der Waals surface area contributed by atoms with Crippen LogP contribution in [0, 0.1) is 0 Å². The number of fused-ring (bicyclic) bond motifs is 2. The van der Waals surface area contributed by atoms with Crippen molar-refractivity contribution < 1.29 is 24.1 Å². The monoisotopic (exact) mass is 502 g/mol. The van der Waals surface area contributed by atoms with Gasteiger partial charge >= 0.3 is 0 Å². The Morgan fingerprint density at radius 1 is 0.588 bits per heavy atom. The average Bonchev–Trinajstić information content (AvgIpc) is 2.87. The van der Waals surface area contributed by atoms with Crippen molar-refractivity contribution in [3.63, 3.8) is 0 Å². The summed E-state index contributed by atoms with van der Waals surface area (Å²) >= 11 is 12.1. The summed E-state index contributed by atoms with van der Waals surface area (Å²) < 4.78 is 21.4. The van der Waals surface area contributed by atoms with Crippen LogP contribution in [0.1, 0.15) is 0 Å². The second-order valence-corrected chi connectivity index (χ2v) is 8.08. The molecule has 4 aromatic rings. The third-order valence-electron chi connectivity index (χ3n) is 4.97. The molecule has 0 amide bonds. The highest BCUT2D eigenvalue weighted by Crippen LogP contribution is 2.31. The number of aromatic hydroxyl groups is 1. The maximum absolute atomic E-state index is 9.44. The van der Waals surface area contributed by atoms with E-state index in [1.54, 1.807) is 19.2 Å². The Kier molecular flexibility index (Phi) is 10.7. The van der Waals surface area contributed by atoms with Crippen LogP contribution in [-0.4, -0.2) is 51.9 Å². The predicted molar refractivity (Wildman–Crippen MR) is 139 cm³/mol. The number of phenolic OH excluding ortho intramolecular Hbond substituents is 1. The second kappa shape index (κ2) is 14.0. The van der Waals surface area contributed by atoms with E-state index in [2.05, 4.69) is 0 Å². The van der Waals surface area contributed by atoms with Crippen molar-refractivity contribution in [2.24, 2.45) is 0 Å². The minimum atomic E-state index is 0.273. The molecule has 0 heterocycles. The topological polar surface area (TPSA) is 57.2 Å². The highest BCUT2D eigenvalue weighted by atomic mass is 35.5. The predicted octanol–water partition coefficient (Wildman–Crippen LogP) is 6.75. The molecule has 0 bridgehead atoms. The number of ether oxygens (including phenoxy) is 4. The molecule has 0 spiro atoms. The minimum Gasteiger partial charge on any atom is -0.507 e. The van der Waals surface area contributed by atoms with E-state index in [9.17, 15) is 5.11 Å². The SMILES string of the molecule is COCCOCCOCCOc1ccc(Cl)c2ccccc12.Oc1ccc(Cl)c2ccccc12. The molecular weight excluding hydrogens is 475 g/mol. The maximum Gasteiger partial charge on any atom is 0.127 e. The molecule has 0 aliphatic rings. The van der Waals surface area contributed by atoms with E-state index in [1.807, 2.05) is 60.7 Å². The molecule has 0 fully saturated rings. The van der Waals surface area contributed by atoms with Gasteiger partial charge in [0.05, 0.1) is 33.0 Å². The summed E-state index contributed by atoms with van der Waals surface area (Å²) in [5, 5.41) is 14.5. The molecule has 0 saturated heterocycles. The van der Waals surface area contributed by atoms with Gasteiger partial charge in [-0.3, -0.25) is 0 Å². The molecule has 0 aliphatic heterocycles. The van der Waals surface area contributed by atoms with Crippen molar-refractivity contribution in [2.45, 2.75) is 0 Å². The zero-order valence-corrected chi connectivity index (χ0v) is 20.5. The average molecular weight is 503 g/mol. The van der Waals surface area contributed by atoms with Crippen LogP contribution in [-0.2, 0) is 14.2 Å². The quantitative estimate of drug-likeness (QED) is 0.243. The first-order valence-corrected chi connectivity index (χ1v) is 11.7. The summed E-state index contributed by atoms with van der Waals surface area (Å²) in [6.45, 7) is 3.32. The van der Waals surface area contributed by atoms with Crippen molar-refractivity contribution in [3.05, 3.63) is 82.8 Å². The van der Waals surface area contributed by atoms with Gasteiger partial charge in [-0.25, -0.2) is 0 Å². The number of hydrogen-bond acceptors (Lipinski definition) is 5. The van der Waals surface area contributed by atoms with Crippen LogP contribution >= 0.6 is 23.2 Å². The number of benzene rings is 4. The second-order valence-electron chi connectivity index (χ2n) is 7.27. The van der Waals surface area contributed by atoms with Crippen molar-refractivity contribution in [2.75, 3.05) is 46.8 Å². The molecule has 0 aliphatic carbocycles. The van der Waals surface area contributed by atoms with Gasteiger partial charge in [-0.1, -0.05) is 71.7 Å². The van der Waals surface area contributed by atoms with E-state index >= 15 is 0 Å². The van der Waals surface area contributed by atoms with Gasteiger partial charge < -0.3 is 24.1 Å². The van der Waals surface area contributed by atoms with Crippen molar-refractivity contribution in [1.29, 1.82) is 0 Å². The molecule has 4 aromatic carbocycles. The smallest absolute Gasteiger partial charge is 0.127 e. The molecule has 34 heavy (non-hydrogen) atoms. The minimum absolute atomic E-state index is 0.273. The molecule has 0 saturated carbocycles. The summed E-state index contributed by atoms with van der Waals surface area (Å²) in [7, 11) is 1.65. The van der Waals surface area contributed by atoms with E-state index in [0.717, 1.165) is 32.3 Å². The largest absolute Gasteiger partial charge is 0.507 e. The van der Waals surface area contributed by atoms with Crippen LogP contribution in [0.2, 0.25) is 10.0 Å². The zero-order valence-electron chi connectivity index (χ0n) is 19.0. The molecule has 0 atom stereocenters. The number of rotatable bonds is 10. The first-order chi connectivity index (χ1) is 16.6. The van der Waals surface area contributed by atoms with Crippen LogP contribution in [0.15, 0.2) is 72.8 Å². The molecule has 180 valence electrons. The van der Waals surface area contributed by atoms with Gasteiger partial charge in [0, 0.05) is 38.7 Å². The van der Waals surface area contributed by atoms with Crippen LogP contribution in [0.5, 0.6) is 11.5 Å². The van der Waals surface area contributed by atoms with E-state index in [1.165, 1.54) is 0 Å². The molecule has 0 aromatic heterocycles. The fourth-order valence-corrected chi connectivity index (χ4v) is 3.74. The van der Waals surface area contributed by atoms with E-state index in [-0.39, 0.29) is 5.75 Å². The Bertz CT molecular complexity index is 1140. The van der Waals surface area contributed by atoms with Crippen LogP contribution in [0.4, 0.5) is 0 Å². The Balaban J connectivity index is 0.000000226. The van der Waals surface area contributed by atoms with Crippen molar-refractivity contribution >= 4 is 44.7 Å². The molecule has 4 rings (SSSR count). The van der Waals surface area contributed by atoms with Gasteiger partial charge in [-0.05, 0) is 24.3 Å². The molecule has 0 radical (unpaired) electrons. The maximum atomic E-state index is 9.44. The van der Waals surface area contributed by atoms with Gasteiger partial charge in [0.2, 0.25) is 0 Å². The van der Waals surface area contributed by atoms with E-state index in [0.29, 0.717) is 44.7 Å². The summed E-state index contributed by atoms with van der Waals surface area (Å²) in [6, 6.07) is 22.5. The lowest BCUT2D eigenvalue weighted by atomic mass is 10.1. The summed E-state index contributed by atoms with van der Waals surface area (Å²) in [4.78, 5) is 0. The standard InChI is InChI=1S/C17H21ClO4.C10H7ClO/c1-19-8-9-20-10-11-21-12-13-22-17-7-6-16(18)14-4-2-3-5-15(14)17;11-9-5-6-10(12)8-4-2-1-3-7(8)9/h2-7H,8-13H2,1H3;1-6,12H.